The highest BCUT2D eigenvalue weighted by Gasteiger charge is 2.28. The average molecular weight is 411 g/mol. The highest BCUT2D eigenvalue weighted by atomic mass is 35.5. The van der Waals surface area contributed by atoms with Crippen LogP contribution in [-0.2, 0) is 19.6 Å². The van der Waals surface area contributed by atoms with Crippen molar-refractivity contribution in [3.05, 3.63) is 17.5 Å². The summed E-state index contributed by atoms with van der Waals surface area (Å²) in [5.41, 5.74) is 5.36. The molecule has 0 saturated carbocycles. The first kappa shape index (κ1) is 21.8. The predicted octanol–water partition coefficient (Wildman–Crippen LogP) is -0.238. The number of carbonyl (C=O) groups is 2. The van der Waals surface area contributed by atoms with Crippen LogP contribution in [0.25, 0.3) is 0 Å². The van der Waals surface area contributed by atoms with Gasteiger partial charge in [-0.2, -0.15) is 0 Å². The van der Waals surface area contributed by atoms with Crippen LogP contribution in [0.2, 0.25) is 0 Å². The van der Waals surface area contributed by atoms with E-state index in [0.717, 1.165) is 11.3 Å². The highest BCUT2D eigenvalue weighted by Crippen LogP contribution is 2.17. The summed E-state index contributed by atoms with van der Waals surface area (Å²) in [5, 5.41) is 4.38. The van der Waals surface area contributed by atoms with Crippen molar-refractivity contribution in [2.24, 2.45) is 11.7 Å². The number of hydrogen-bond donors (Lipinski definition) is 3. The van der Waals surface area contributed by atoms with E-state index in [9.17, 15) is 18.0 Å². The summed E-state index contributed by atoms with van der Waals surface area (Å²) in [4.78, 5) is 25.8. The minimum atomic E-state index is -3.66. The molecule has 2 rings (SSSR count). The number of nitrogens with zero attached hydrogens (tertiary/aromatic N) is 1. The molecule has 2 amide bonds. The lowest BCUT2D eigenvalue weighted by Crippen LogP contribution is -2.48. The quantitative estimate of drug-likeness (QED) is 0.572. The Morgan fingerprint density at radius 3 is 2.80 bits per heavy atom. The van der Waals surface area contributed by atoms with E-state index in [1.165, 1.54) is 11.0 Å². The molecule has 1 atom stereocenters. The summed E-state index contributed by atoms with van der Waals surface area (Å²) >= 11 is 1.09. The Morgan fingerprint density at radius 2 is 2.16 bits per heavy atom. The molecule has 2 heterocycles. The molecular formula is C14H23ClN4O4S2. The Morgan fingerprint density at radius 1 is 1.40 bits per heavy atom. The number of halogens is 1. The third-order valence-electron chi connectivity index (χ3n) is 3.76. The molecule has 25 heavy (non-hydrogen) atoms. The first-order chi connectivity index (χ1) is 11.4. The van der Waals surface area contributed by atoms with Crippen molar-refractivity contribution in [1.82, 2.24) is 14.9 Å². The summed E-state index contributed by atoms with van der Waals surface area (Å²) in [6, 6.07) is 3.12. The number of hydrogen-bond acceptors (Lipinski definition) is 6. The maximum atomic E-state index is 12.2. The molecule has 1 aliphatic rings. The maximum Gasteiger partial charge on any atom is 0.250 e. The van der Waals surface area contributed by atoms with E-state index in [1.54, 1.807) is 11.4 Å². The van der Waals surface area contributed by atoms with Crippen LogP contribution in [0.4, 0.5) is 0 Å². The predicted molar refractivity (Wildman–Crippen MR) is 98.1 cm³/mol. The van der Waals surface area contributed by atoms with E-state index >= 15 is 0 Å². The van der Waals surface area contributed by atoms with Gasteiger partial charge in [-0.1, -0.05) is 6.07 Å². The first-order valence-electron chi connectivity index (χ1n) is 7.73. The molecule has 0 radical (unpaired) electrons. The van der Waals surface area contributed by atoms with Gasteiger partial charge in [0.1, 0.15) is 4.21 Å². The van der Waals surface area contributed by atoms with Crippen molar-refractivity contribution >= 4 is 45.6 Å². The Labute approximate surface area is 157 Å². The number of nitrogens with one attached hydrogen (secondary N) is 2. The van der Waals surface area contributed by atoms with E-state index in [1.807, 2.05) is 0 Å². The van der Waals surface area contributed by atoms with E-state index < -0.39 is 10.0 Å². The van der Waals surface area contributed by atoms with Crippen molar-refractivity contribution in [3.8, 4) is 0 Å². The van der Waals surface area contributed by atoms with Crippen LogP contribution < -0.4 is 15.8 Å². The number of nitrogens with two attached hydrogens (primary N) is 1. The second-order valence-electron chi connectivity index (χ2n) is 5.52. The van der Waals surface area contributed by atoms with Gasteiger partial charge in [-0.25, -0.2) is 13.1 Å². The molecule has 142 valence electrons. The number of likely N-dealkylation sites (tertiary alicyclic amines) is 1. The lowest BCUT2D eigenvalue weighted by molar-refractivity contribution is -0.134. The third kappa shape index (κ3) is 6.23. The van der Waals surface area contributed by atoms with E-state index in [0.29, 0.717) is 39.0 Å². The number of sulfonamides is 1. The van der Waals surface area contributed by atoms with Gasteiger partial charge >= 0.3 is 0 Å². The molecule has 4 N–H and O–H groups in total. The van der Waals surface area contributed by atoms with Crippen LogP contribution in [0.15, 0.2) is 21.7 Å². The van der Waals surface area contributed by atoms with Crippen LogP contribution >= 0.6 is 23.7 Å². The van der Waals surface area contributed by atoms with Gasteiger partial charge in [-0.3, -0.25) is 9.59 Å². The van der Waals surface area contributed by atoms with Crippen LogP contribution in [0.3, 0.4) is 0 Å². The summed E-state index contributed by atoms with van der Waals surface area (Å²) in [6.45, 7) is 1.29. The molecule has 0 aliphatic carbocycles. The molecule has 1 aromatic rings. The zero-order chi connectivity index (χ0) is 17.6. The zero-order valence-corrected chi connectivity index (χ0v) is 16.1. The molecule has 1 saturated heterocycles. The van der Waals surface area contributed by atoms with E-state index in [2.05, 4.69) is 10.0 Å². The number of carbonyl (C=O) groups excluding carboxylic acids is 2. The third-order valence-corrected chi connectivity index (χ3v) is 6.56. The van der Waals surface area contributed by atoms with Crippen LogP contribution in [0.1, 0.15) is 12.8 Å². The number of thiophene rings is 1. The minimum Gasteiger partial charge on any atom is -0.355 e. The van der Waals surface area contributed by atoms with Gasteiger partial charge in [0.2, 0.25) is 11.8 Å². The second-order valence-corrected chi connectivity index (χ2v) is 8.46. The fraction of sp³-hybridized carbons (Fsp3) is 0.571. The smallest absolute Gasteiger partial charge is 0.250 e. The molecule has 0 bridgehead atoms. The van der Waals surface area contributed by atoms with Gasteiger partial charge in [0.05, 0.1) is 12.5 Å². The van der Waals surface area contributed by atoms with Gasteiger partial charge in [0.15, 0.2) is 0 Å². The molecule has 0 aromatic carbocycles. The number of amides is 2. The Kier molecular flexibility index (Phi) is 8.80. The molecule has 1 aliphatic heterocycles. The molecule has 0 spiro atoms. The summed E-state index contributed by atoms with van der Waals surface area (Å²) in [7, 11) is -3.66. The summed E-state index contributed by atoms with van der Waals surface area (Å²) in [6.07, 6.45) is 1.42. The number of rotatable bonds is 7. The Hall–Kier alpha value is -1.20. The Bertz CT molecular complexity index is 666. The fourth-order valence-electron chi connectivity index (χ4n) is 2.51. The molecule has 1 aromatic heterocycles. The SMILES string of the molecule is Cl.NCCNC(=O)C1CCCN(C(=O)CNS(=O)(=O)c2cccs2)C1. The van der Waals surface area contributed by atoms with Gasteiger partial charge in [0.25, 0.3) is 10.0 Å². The Balaban J connectivity index is 0.00000312. The molecule has 8 nitrogen and oxygen atoms in total. The van der Waals surface area contributed by atoms with Crippen molar-refractivity contribution in [2.45, 2.75) is 17.1 Å². The van der Waals surface area contributed by atoms with E-state index in [-0.39, 0.29) is 40.9 Å². The van der Waals surface area contributed by atoms with Crippen molar-refractivity contribution in [2.75, 3.05) is 32.7 Å². The lowest BCUT2D eigenvalue weighted by atomic mass is 9.97. The number of piperidine rings is 1. The molecule has 1 fully saturated rings. The standard InChI is InChI=1S/C14H22N4O4S2.ClH/c15-5-6-16-14(20)11-3-1-7-18(10-11)12(19)9-17-24(21,22)13-4-2-8-23-13;/h2,4,8,11,17H,1,3,5-7,9-10,15H2,(H,16,20);1H. The van der Waals surface area contributed by atoms with Crippen molar-refractivity contribution in [1.29, 1.82) is 0 Å². The van der Waals surface area contributed by atoms with Gasteiger partial charge in [-0.15, -0.1) is 23.7 Å². The first-order valence-corrected chi connectivity index (χ1v) is 10.1. The van der Waals surface area contributed by atoms with Gasteiger partial charge < -0.3 is 16.0 Å². The van der Waals surface area contributed by atoms with Gasteiger partial charge in [-0.05, 0) is 24.3 Å². The summed E-state index contributed by atoms with van der Waals surface area (Å²) < 4.78 is 26.5. The van der Waals surface area contributed by atoms with Gasteiger partial charge in [0, 0.05) is 26.2 Å². The largest absolute Gasteiger partial charge is 0.355 e. The fourth-order valence-corrected chi connectivity index (χ4v) is 4.53. The summed E-state index contributed by atoms with van der Waals surface area (Å²) in [5.74, 6) is -0.716. The normalized spacial score (nSPS) is 17.6. The van der Waals surface area contributed by atoms with Crippen molar-refractivity contribution in [3.63, 3.8) is 0 Å². The molecule has 1 unspecified atom stereocenters. The topological polar surface area (TPSA) is 122 Å². The molecular weight excluding hydrogens is 388 g/mol. The van der Waals surface area contributed by atoms with Crippen molar-refractivity contribution < 1.29 is 18.0 Å². The van der Waals surface area contributed by atoms with Crippen LogP contribution in [0, 0.1) is 5.92 Å². The highest BCUT2D eigenvalue weighted by molar-refractivity contribution is 7.91. The monoisotopic (exact) mass is 410 g/mol. The zero-order valence-electron chi connectivity index (χ0n) is 13.6. The maximum absolute atomic E-state index is 12.2. The average Bonchev–Trinajstić information content (AvgIpc) is 3.13. The van der Waals surface area contributed by atoms with Crippen LogP contribution in [-0.4, -0.2) is 57.9 Å². The second kappa shape index (κ2) is 10.1. The van der Waals surface area contributed by atoms with Crippen LogP contribution in [0.5, 0.6) is 0 Å². The lowest BCUT2D eigenvalue weighted by Gasteiger charge is -2.32. The molecule has 11 heteroatoms. The minimum absolute atomic E-state index is 0. The van der Waals surface area contributed by atoms with E-state index in [4.69, 9.17) is 5.73 Å².